The van der Waals surface area contributed by atoms with E-state index in [9.17, 15) is 14.7 Å². The number of hydrogen-bond donors (Lipinski definition) is 3. The standard InChI is InChI=1S/C15H26N2O4/c1-15(2)11(8-12(15)21-3)17-14(20)16-10-7-5-4-6-9(10)13(18)19/h9-12H,4-8H2,1-3H3,(H,18,19)(H2,16,17,20). The van der Waals surface area contributed by atoms with E-state index in [-0.39, 0.29) is 29.6 Å². The molecule has 4 unspecified atom stereocenters. The van der Waals surface area contributed by atoms with Gasteiger partial charge in [-0.3, -0.25) is 4.79 Å². The molecule has 2 amide bonds. The third-order valence-electron chi connectivity index (χ3n) is 5.17. The first-order valence-electron chi connectivity index (χ1n) is 7.69. The van der Waals surface area contributed by atoms with E-state index in [0.29, 0.717) is 6.42 Å². The molecule has 6 heteroatoms. The highest BCUT2D eigenvalue weighted by Crippen LogP contribution is 2.42. The van der Waals surface area contributed by atoms with Crippen LogP contribution in [0.3, 0.4) is 0 Å². The summed E-state index contributed by atoms with van der Waals surface area (Å²) in [5.74, 6) is -1.28. The van der Waals surface area contributed by atoms with Crippen LogP contribution in [0.2, 0.25) is 0 Å². The van der Waals surface area contributed by atoms with E-state index >= 15 is 0 Å². The summed E-state index contributed by atoms with van der Waals surface area (Å²) in [6.07, 6.45) is 4.21. The average Bonchev–Trinajstić information content (AvgIpc) is 2.43. The number of urea groups is 1. The maximum atomic E-state index is 12.1. The fraction of sp³-hybridized carbons (Fsp3) is 0.867. The molecule has 0 aromatic carbocycles. The van der Waals surface area contributed by atoms with Crippen LogP contribution in [0.5, 0.6) is 0 Å². The third kappa shape index (κ3) is 3.31. The highest BCUT2D eigenvalue weighted by Gasteiger charge is 2.49. The van der Waals surface area contributed by atoms with Crippen molar-refractivity contribution < 1.29 is 19.4 Å². The second-order valence-corrected chi connectivity index (χ2v) is 6.79. The molecule has 0 aromatic heterocycles. The van der Waals surface area contributed by atoms with Gasteiger partial charge < -0.3 is 20.5 Å². The number of amides is 2. The zero-order valence-electron chi connectivity index (χ0n) is 13.0. The van der Waals surface area contributed by atoms with Gasteiger partial charge in [0.05, 0.1) is 12.0 Å². The summed E-state index contributed by atoms with van der Waals surface area (Å²) < 4.78 is 5.36. The first kappa shape index (κ1) is 16.1. The van der Waals surface area contributed by atoms with Gasteiger partial charge in [0.1, 0.15) is 0 Å². The molecular formula is C15H26N2O4. The normalized spacial score (nSPS) is 34.6. The van der Waals surface area contributed by atoms with Gasteiger partial charge in [0.25, 0.3) is 0 Å². The maximum absolute atomic E-state index is 12.1. The summed E-state index contributed by atoms with van der Waals surface area (Å²) in [5, 5.41) is 15.0. The zero-order chi connectivity index (χ0) is 15.6. The number of carboxylic acids is 1. The van der Waals surface area contributed by atoms with E-state index < -0.39 is 11.9 Å². The number of ether oxygens (including phenoxy) is 1. The summed E-state index contributed by atoms with van der Waals surface area (Å²) in [6.45, 7) is 4.13. The van der Waals surface area contributed by atoms with Gasteiger partial charge in [-0.2, -0.15) is 0 Å². The Hall–Kier alpha value is -1.30. The Labute approximate surface area is 125 Å². The fourth-order valence-corrected chi connectivity index (χ4v) is 3.50. The smallest absolute Gasteiger partial charge is 0.315 e. The molecule has 0 aliphatic heterocycles. The van der Waals surface area contributed by atoms with Crippen LogP contribution in [-0.2, 0) is 9.53 Å². The first-order chi connectivity index (χ1) is 9.86. The Morgan fingerprint density at radius 1 is 1.19 bits per heavy atom. The molecule has 4 atom stereocenters. The monoisotopic (exact) mass is 298 g/mol. The molecule has 0 aromatic rings. The second-order valence-electron chi connectivity index (χ2n) is 6.79. The average molecular weight is 298 g/mol. The number of hydrogen-bond acceptors (Lipinski definition) is 3. The SMILES string of the molecule is COC1CC(NC(=O)NC2CCCCC2C(=O)O)C1(C)C. The van der Waals surface area contributed by atoms with E-state index in [1.54, 1.807) is 7.11 Å². The molecule has 0 spiro atoms. The van der Waals surface area contributed by atoms with Crippen molar-refractivity contribution in [3.63, 3.8) is 0 Å². The molecule has 2 rings (SSSR count). The first-order valence-corrected chi connectivity index (χ1v) is 7.69. The van der Waals surface area contributed by atoms with Gasteiger partial charge in [-0.05, 0) is 19.3 Å². The predicted molar refractivity (Wildman–Crippen MR) is 78.0 cm³/mol. The summed E-state index contributed by atoms with van der Waals surface area (Å²) in [6, 6.07) is -0.465. The number of aliphatic carboxylic acids is 1. The van der Waals surface area contributed by atoms with Gasteiger partial charge in [-0.15, -0.1) is 0 Å². The van der Waals surface area contributed by atoms with Gasteiger partial charge in [0.15, 0.2) is 0 Å². The molecule has 6 nitrogen and oxygen atoms in total. The summed E-state index contributed by atoms with van der Waals surface area (Å²) in [7, 11) is 1.68. The third-order valence-corrected chi connectivity index (χ3v) is 5.17. The Morgan fingerprint density at radius 3 is 2.43 bits per heavy atom. The maximum Gasteiger partial charge on any atom is 0.315 e. The number of carbonyl (C=O) groups excluding carboxylic acids is 1. The topological polar surface area (TPSA) is 87.7 Å². The number of methoxy groups -OCH3 is 1. The van der Waals surface area contributed by atoms with Crippen LogP contribution >= 0.6 is 0 Å². The molecule has 0 heterocycles. The van der Waals surface area contributed by atoms with Crippen LogP contribution in [0.15, 0.2) is 0 Å². The molecule has 2 fully saturated rings. The molecule has 0 saturated heterocycles. The molecule has 3 N–H and O–H groups in total. The lowest BCUT2D eigenvalue weighted by Gasteiger charge is -2.51. The van der Waals surface area contributed by atoms with E-state index in [2.05, 4.69) is 24.5 Å². The number of nitrogens with one attached hydrogen (secondary N) is 2. The lowest BCUT2D eigenvalue weighted by molar-refractivity contribution is -0.143. The number of carbonyl (C=O) groups is 2. The minimum absolute atomic E-state index is 0.0642. The van der Waals surface area contributed by atoms with Crippen LogP contribution in [0, 0.1) is 11.3 Å². The van der Waals surface area contributed by atoms with Crippen LogP contribution in [0.4, 0.5) is 4.79 Å². The quantitative estimate of drug-likeness (QED) is 0.738. The Balaban J connectivity index is 1.86. The largest absolute Gasteiger partial charge is 0.481 e. The lowest BCUT2D eigenvalue weighted by atomic mass is 9.64. The van der Waals surface area contributed by atoms with Crippen molar-refractivity contribution in [1.29, 1.82) is 0 Å². The molecule has 21 heavy (non-hydrogen) atoms. The molecule has 2 aliphatic carbocycles. The van der Waals surface area contributed by atoms with E-state index in [1.807, 2.05) is 0 Å². The molecule has 2 aliphatic rings. The van der Waals surface area contributed by atoms with Crippen molar-refractivity contribution in [2.75, 3.05) is 7.11 Å². The molecule has 0 radical (unpaired) electrons. The Morgan fingerprint density at radius 2 is 1.86 bits per heavy atom. The van der Waals surface area contributed by atoms with Crippen molar-refractivity contribution in [1.82, 2.24) is 10.6 Å². The van der Waals surface area contributed by atoms with E-state index in [4.69, 9.17) is 4.74 Å². The number of carboxylic acid groups (broad SMARTS) is 1. The fourth-order valence-electron chi connectivity index (χ4n) is 3.50. The summed E-state index contributed by atoms with van der Waals surface area (Å²) in [4.78, 5) is 23.3. The van der Waals surface area contributed by atoms with Crippen molar-refractivity contribution in [3.8, 4) is 0 Å². The van der Waals surface area contributed by atoms with Crippen LogP contribution in [0.1, 0.15) is 46.0 Å². The van der Waals surface area contributed by atoms with Gasteiger partial charge in [-0.25, -0.2) is 4.79 Å². The molecule has 120 valence electrons. The minimum atomic E-state index is -0.816. The van der Waals surface area contributed by atoms with Gasteiger partial charge in [0.2, 0.25) is 0 Å². The van der Waals surface area contributed by atoms with Gasteiger partial charge >= 0.3 is 12.0 Å². The van der Waals surface area contributed by atoms with Gasteiger partial charge in [0, 0.05) is 24.6 Å². The lowest BCUT2D eigenvalue weighted by Crippen LogP contribution is -2.64. The van der Waals surface area contributed by atoms with Crippen LogP contribution < -0.4 is 10.6 Å². The molecular weight excluding hydrogens is 272 g/mol. The summed E-state index contributed by atoms with van der Waals surface area (Å²) >= 11 is 0. The zero-order valence-corrected chi connectivity index (χ0v) is 13.0. The van der Waals surface area contributed by atoms with Crippen molar-refractivity contribution >= 4 is 12.0 Å². The van der Waals surface area contributed by atoms with Gasteiger partial charge in [-0.1, -0.05) is 26.7 Å². The second kappa shape index (κ2) is 6.22. The van der Waals surface area contributed by atoms with Crippen molar-refractivity contribution in [3.05, 3.63) is 0 Å². The van der Waals surface area contributed by atoms with E-state index in [1.165, 1.54) is 0 Å². The van der Waals surface area contributed by atoms with Crippen molar-refractivity contribution in [2.45, 2.75) is 64.1 Å². The predicted octanol–water partition coefficient (Wildman–Crippen LogP) is 1.74. The number of rotatable bonds is 4. The molecule has 2 saturated carbocycles. The highest BCUT2D eigenvalue weighted by atomic mass is 16.5. The van der Waals surface area contributed by atoms with Crippen LogP contribution in [0.25, 0.3) is 0 Å². The Bertz CT molecular complexity index is 410. The Kier molecular flexibility index (Phi) is 4.76. The van der Waals surface area contributed by atoms with E-state index in [0.717, 1.165) is 25.7 Å². The highest BCUT2D eigenvalue weighted by molar-refractivity contribution is 5.77. The molecule has 0 bridgehead atoms. The summed E-state index contributed by atoms with van der Waals surface area (Å²) in [5.41, 5.74) is -0.0924. The van der Waals surface area contributed by atoms with Crippen molar-refractivity contribution in [2.24, 2.45) is 11.3 Å². The minimum Gasteiger partial charge on any atom is -0.481 e. The van der Waals surface area contributed by atoms with Crippen LogP contribution in [-0.4, -0.2) is 42.4 Å².